The van der Waals surface area contributed by atoms with E-state index < -0.39 is 15.9 Å². The highest BCUT2D eigenvalue weighted by Crippen LogP contribution is 2.21. The Morgan fingerprint density at radius 2 is 1.75 bits per heavy atom. The van der Waals surface area contributed by atoms with Crippen molar-refractivity contribution < 1.29 is 13.2 Å². The van der Waals surface area contributed by atoms with Gasteiger partial charge in [0.15, 0.2) is 0 Å². The molecule has 20 heavy (non-hydrogen) atoms. The summed E-state index contributed by atoms with van der Waals surface area (Å²) in [5.41, 5.74) is 5.72. The maximum absolute atomic E-state index is 11.8. The van der Waals surface area contributed by atoms with E-state index in [1.807, 2.05) is 0 Å². The number of hydrogen-bond acceptors (Lipinski definition) is 4. The Morgan fingerprint density at radius 3 is 2.30 bits per heavy atom. The highest BCUT2D eigenvalue weighted by molar-refractivity contribution is 7.90. The van der Waals surface area contributed by atoms with Crippen LogP contribution in [0.1, 0.15) is 51.4 Å². The highest BCUT2D eigenvalue weighted by atomic mass is 32.2. The van der Waals surface area contributed by atoms with Gasteiger partial charge >= 0.3 is 0 Å². The molecule has 1 fully saturated rings. The van der Waals surface area contributed by atoms with Crippen LogP contribution in [0.25, 0.3) is 0 Å². The molecule has 5 nitrogen and oxygen atoms in total. The molecule has 0 aromatic heterocycles. The van der Waals surface area contributed by atoms with Crippen LogP contribution in [0.5, 0.6) is 0 Å². The Morgan fingerprint density at radius 1 is 1.20 bits per heavy atom. The molecule has 1 amide bonds. The Hall–Kier alpha value is -0.620. The molecule has 3 N–H and O–H groups in total. The van der Waals surface area contributed by atoms with Gasteiger partial charge in [0.2, 0.25) is 5.91 Å². The summed E-state index contributed by atoms with van der Waals surface area (Å²) in [6.07, 6.45) is 10.1. The molecule has 0 aromatic carbocycles. The second-order valence-electron chi connectivity index (χ2n) is 5.98. The molecular formula is C14H28N2O3S. The number of hydrogen-bond donors (Lipinski definition) is 2. The lowest BCUT2D eigenvalue weighted by Crippen LogP contribution is -2.43. The molecule has 1 rings (SSSR count). The maximum Gasteiger partial charge on any atom is 0.236 e. The summed E-state index contributed by atoms with van der Waals surface area (Å²) in [4.78, 5) is 11.8. The van der Waals surface area contributed by atoms with Crippen molar-refractivity contribution in [3.05, 3.63) is 0 Å². The molecule has 0 bridgehead atoms. The van der Waals surface area contributed by atoms with E-state index in [1.165, 1.54) is 44.9 Å². The monoisotopic (exact) mass is 304 g/mol. The van der Waals surface area contributed by atoms with Crippen molar-refractivity contribution in [3.63, 3.8) is 0 Å². The lowest BCUT2D eigenvalue weighted by Gasteiger charge is -2.21. The largest absolute Gasteiger partial charge is 0.354 e. The lowest BCUT2D eigenvalue weighted by atomic mass is 9.91. The van der Waals surface area contributed by atoms with Gasteiger partial charge in [-0.15, -0.1) is 0 Å². The van der Waals surface area contributed by atoms with Crippen molar-refractivity contribution in [2.75, 3.05) is 18.6 Å². The molecular weight excluding hydrogens is 276 g/mol. The first-order valence-corrected chi connectivity index (χ1v) is 9.65. The van der Waals surface area contributed by atoms with E-state index in [-0.39, 0.29) is 18.1 Å². The standard InChI is InChI=1S/C14H28N2O3S/c1-20(18,19)10-9-13(15)14(17)16-11-12-7-5-3-2-4-6-8-12/h12-13H,2-11,15H2,1H3,(H,16,17). The minimum absolute atomic E-state index is 0.0367. The lowest BCUT2D eigenvalue weighted by molar-refractivity contribution is -0.122. The van der Waals surface area contributed by atoms with Gasteiger partial charge in [-0.1, -0.05) is 32.1 Å². The van der Waals surface area contributed by atoms with Crippen LogP contribution in [0, 0.1) is 5.92 Å². The van der Waals surface area contributed by atoms with Gasteiger partial charge in [0.1, 0.15) is 9.84 Å². The van der Waals surface area contributed by atoms with Crippen LogP contribution in [0.3, 0.4) is 0 Å². The maximum atomic E-state index is 11.8. The summed E-state index contributed by atoms with van der Waals surface area (Å²) >= 11 is 0. The zero-order chi connectivity index (χ0) is 15.0. The third kappa shape index (κ3) is 7.85. The van der Waals surface area contributed by atoms with Crippen molar-refractivity contribution >= 4 is 15.7 Å². The minimum Gasteiger partial charge on any atom is -0.354 e. The molecule has 118 valence electrons. The van der Waals surface area contributed by atoms with E-state index in [1.54, 1.807) is 0 Å². The predicted molar refractivity (Wildman–Crippen MR) is 81.1 cm³/mol. The van der Waals surface area contributed by atoms with Crippen LogP contribution in [0.15, 0.2) is 0 Å². The topological polar surface area (TPSA) is 89.3 Å². The first-order chi connectivity index (χ1) is 9.38. The quantitative estimate of drug-likeness (QED) is 0.772. The summed E-state index contributed by atoms with van der Waals surface area (Å²) in [6, 6.07) is -0.724. The fraction of sp³-hybridized carbons (Fsp3) is 0.929. The number of carbonyl (C=O) groups excluding carboxylic acids is 1. The van der Waals surface area contributed by atoms with Crippen molar-refractivity contribution in [2.45, 2.75) is 57.4 Å². The van der Waals surface area contributed by atoms with Crippen molar-refractivity contribution in [1.82, 2.24) is 5.32 Å². The number of carbonyl (C=O) groups is 1. The number of nitrogens with one attached hydrogen (secondary N) is 1. The second kappa shape index (κ2) is 8.62. The van der Waals surface area contributed by atoms with E-state index in [9.17, 15) is 13.2 Å². The van der Waals surface area contributed by atoms with Crippen molar-refractivity contribution in [2.24, 2.45) is 11.7 Å². The highest BCUT2D eigenvalue weighted by Gasteiger charge is 2.18. The van der Waals surface area contributed by atoms with Crippen LogP contribution in [0.4, 0.5) is 0 Å². The minimum atomic E-state index is -3.06. The Balaban J connectivity index is 2.26. The molecule has 1 atom stereocenters. The Kier molecular flexibility index (Phi) is 7.51. The van der Waals surface area contributed by atoms with Crippen molar-refractivity contribution in [3.8, 4) is 0 Å². The normalized spacial score (nSPS) is 19.9. The van der Waals surface area contributed by atoms with Crippen LogP contribution < -0.4 is 11.1 Å². The first kappa shape index (κ1) is 17.4. The van der Waals surface area contributed by atoms with Crippen LogP contribution >= 0.6 is 0 Å². The third-order valence-corrected chi connectivity index (χ3v) is 4.90. The smallest absolute Gasteiger partial charge is 0.236 e. The number of rotatable bonds is 6. The summed E-state index contributed by atoms with van der Waals surface area (Å²) < 4.78 is 22.1. The fourth-order valence-corrected chi connectivity index (χ4v) is 3.28. The summed E-state index contributed by atoms with van der Waals surface area (Å²) in [7, 11) is -3.06. The number of amides is 1. The molecule has 0 heterocycles. The van der Waals surface area contributed by atoms with Crippen LogP contribution in [-0.2, 0) is 14.6 Å². The van der Waals surface area contributed by atoms with E-state index in [2.05, 4.69) is 5.32 Å². The zero-order valence-corrected chi connectivity index (χ0v) is 13.3. The average Bonchev–Trinajstić information content (AvgIpc) is 2.33. The van der Waals surface area contributed by atoms with Gasteiger partial charge in [0, 0.05) is 12.8 Å². The average molecular weight is 304 g/mol. The van der Waals surface area contributed by atoms with Gasteiger partial charge in [0.05, 0.1) is 11.8 Å². The summed E-state index contributed by atoms with van der Waals surface area (Å²) in [5, 5.41) is 2.88. The van der Waals surface area contributed by atoms with E-state index in [0.717, 1.165) is 6.26 Å². The molecule has 1 saturated carbocycles. The van der Waals surface area contributed by atoms with Crippen molar-refractivity contribution in [1.29, 1.82) is 0 Å². The molecule has 1 aliphatic rings. The number of nitrogens with two attached hydrogens (primary N) is 1. The fourth-order valence-electron chi connectivity index (χ4n) is 2.59. The van der Waals surface area contributed by atoms with Gasteiger partial charge < -0.3 is 11.1 Å². The summed E-state index contributed by atoms with van der Waals surface area (Å²) in [5.74, 6) is 0.280. The van der Waals surface area contributed by atoms with Gasteiger partial charge in [0.25, 0.3) is 0 Å². The van der Waals surface area contributed by atoms with E-state index in [4.69, 9.17) is 5.73 Å². The van der Waals surface area contributed by atoms with Gasteiger partial charge in [-0.25, -0.2) is 8.42 Å². The second-order valence-corrected chi connectivity index (χ2v) is 8.24. The predicted octanol–water partition coefficient (Wildman–Crippen LogP) is 1.23. The van der Waals surface area contributed by atoms with Gasteiger partial charge in [-0.2, -0.15) is 0 Å². The van der Waals surface area contributed by atoms with Crippen LogP contribution in [-0.4, -0.2) is 38.9 Å². The Labute approximate surface area is 122 Å². The van der Waals surface area contributed by atoms with E-state index in [0.29, 0.717) is 12.5 Å². The molecule has 1 unspecified atom stereocenters. The molecule has 1 aliphatic carbocycles. The molecule has 0 radical (unpaired) electrons. The molecule has 0 aromatic rings. The molecule has 6 heteroatoms. The molecule has 0 saturated heterocycles. The molecule has 0 aliphatic heterocycles. The van der Waals surface area contributed by atoms with Gasteiger partial charge in [-0.3, -0.25) is 4.79 Å². The number of sulfone groups is 1. The molecule has 0 spiro atoms. The Bertz CT molecular complexity index is 387. The van der Waals surface area contributed by atoms with Gasteiger partial charge in [-0.05, 0) is 25.2 Å². The SMILES string of the molecule is CS(=O)(=O)CCC(N)C(=O)NCC1CCCCCCC1. The zero-order valence-electron chi connectivity index (χ0n) is 12.4. The summed E-state index contributed by atoms with van der Waals surface area (Å²) in [6.45, 7) is 0.672. The van der Waals surface area contributed by atoms with E-state index >= 15 is 0 Å². The first-order valence-electron chi connectivity index (χ1n) is 7.59. The third-order valence-electron chi connectivity index (χ3n) is 3.93. The van der Waals surface area contributed by atoms with Crippen LogP contribution in [0.2, 0.25) is 0 Å².